The third-order valence-electron chi connectivity index (χ3n) is 10.2. The van der Waals surface area contributed by atoms with Gasteiger partial charge in [0.25, 0.3) is 0 Å². The number of carbonyl (C=O) groups is 2. The van der Waals surface area contributed by atoms with Crippen molar-refractivity contribution in [2.75, 3.05) is 26.2 Å². The Hall–Kier alpha value is -4.61. The van der Waals surface area contributed by atoms with Gasteiger partial charge in [-0.05, 0) is 65.8 Å². The third-order valence-corrected chi connectivity index (χ3v) is 10.2. The zero-order valence-corrected chi connectivity index (χ0v) is 27.6. The Morgan fingerprint density at radius 2 is 1.55 bits per heavy atom. The number of benzene rings is 3. The van der Waals surface area contributed by atoms with Gasteiger partial charge in [-0.25, -0.2) is 0 Å². The van der Waals surface area contributed by atoms with Gasteiger partial charge >= 0.3 is 12.1 Å². The molecule has 1 aliphatic heterocycles. The lowest BCUT2D eigenvalue weighted by atomic mass is 9.81. The lowest BCUT2D eigenvalue weighted by Crippen LogP contribution is -2.58. The molecule has 1 saturated carbocycles. The zero-order valence-electron chi connectivity index (χ0n) is 27.6. The van der Waals surface area contributed by atoms with Crippen molar-refractivity contribution in [2.24, 2.45) is 23.3 Å². The number of rotatable bonds is 11. The summed E-state index contributed by atoms with van der Waals surface area (Å²) in [6.45, 7) is 1.10. The Bertz CT molecular complexity index is 1630. The fraction of sp³-hybridized carbons (Fsp3) is 0.459. The van der Waals surface area contributed by atoms with Crippen molar-refractivity contribution in [3.05, 3.63) is 83.4 Å². The lowest BCUT2D eigenvalue weighted by molar-refractivity contribution is -0.190. The summed E-state index contributed by atoms with van der Waals surface area (Å²) in [5.74, 6) is -3.58. The van der Waals surface area contributed by atoms with E-state index < -0.39 is 35.9 Å². The van der Waals surface area contributed by atoms with E-state index in [9.17, 15) is 22.8 Å². The van der Waals surface area contributed by atoms with Crippen LogP contribution in [0, 0.1) is 22.7 Å². The summed E-state index contributed by atoms with van der Waals surface area (Å²) in [5.41, 5.74) is 13.4. The number of nitrogens with two attached hydrogens (primary N) is 2. The van der Waals surface area contributed by atoms with Crippen LogP contribution in [0.15, 0.2) is 66.7 Å². The smallest absolute Gasteiger partial charge is 0.384 e. The van der Waals surface area contributed by atoms with Crippen LogP contribution in [0.3, 0.4) is 0 Å². The Morgan fingerprint density at radius 1 is 0.898 bits per heavy atom. The molecule has 1 heterocycles. The molecule has 2 fully saturated rings. The summed E-state index contributed by atoms with van der Waals surface area (Å²) in [6, 6.07) is 19.0. The molecule has 2 atom stereocenters. The van der Waals surface area contributed by atoms with Crippen LogP contribution < -0.4 is 16.8 Å². The molecule has 9 nitrogen and oxygen atoms in total. The average molecular weight is 678 g/mol. The second-order valence-electron chi connectivity index (χ2n) is 13.4. The molecular weight excluding hydrogens is 631 g/mol. The molecule has 0 spiro atoms. The van der Waals surface area contributed by atoms with Crippen LogP contribution in [0.4, 0.5) is 13.2 Å². The summed E-state index contributed by atoms with van der Waals surface area (Å²) < 4.78 is 43.6. The van der Waals surface area contributed by atoms with Crippen molar-refractivity contribution in [3.63, 3.8) is 0 Å². The van der Waals surface area contributed by atoms with Crippen LogP contribution in [-0.4, -0.2) is 71.8 Å². The number of carbonyl (C=O) groups excluding carboxylic acids is 2. The number of nitrogens with one attached hydrogen (secondary N) is 3. The molecule has 2 amide bonds. The number of fused-ring (bicyclic) bond motifs is 1. The first-order valence-electron chi connectivity index (χ1n) is 17.1. The SMILES string of the molecule is N=C(N)c1ccc(CC(CN(C(=O)C(F)(F)F)C(C(=O)NCC2CCN(C(=N)N)CC2)C2CCCCC2)c2cccc3ccccc23)cc1. The predicted molar refractivity (Wildman–Crippen MR) is 185 cm³/mol. The number of hydrogen-bond donors (Lipinski definition) is 5. The highest BCUT2D eigenvalue weighted by Gasteiger charge is 2.49. The van der Waals surface area contributed by atoms with E-state index in [4.69, 9.17) is 22.3 Å². The average Bonchev–Trinajstić information content (AvgIpc) is 3.10. The summed E-state index contributed by atoms with van der Waals surface area (Å²) in [4.78, 5) is 30.2. The molecule has 3 aromatic carbocycles. The van der Waals surface area contributed by atoms with E-state index in [1.54, 1.807) is 29.2 Å². The van der Waals surface area contributed by atoms with Crippen LogP contribution in [0.2, 0.25) is 0 Å². The van der Waals surface area contributed by atoms with E-state index in [2.05, 4.69) is 5.32 Å². The maximum absolute atomic E-state index is 14.5. The van der Waals surface area contributed by atoms with Gasteiger partial charge in [-0.3, -0.25) is 20.4 Å². The van der Waals surface area contributed by atoms with E-state index in [1.165, 1.54) is 0 Å². The van der Waals surface area contributed by atoms with Gasteiger partial charge < -0.3 is 26.6 Å². The van der Waals surface area contributed by atoms with Crippen LogP contribution in [0.5, 0.6) is 0 Å². The quantitative estimate of drug-likeness (QED) is 0.134. The number of likely N-dealkylation sites (tertiary alicyclic amines) is 1. The highest BCUT2D eigenvalue weighted by molar-refractivity contribution is 5.95. The Kier molecular flexibility index (Phi) is 11.5. The van der Waals surface area contributed by atoms with E-state index in [-0.39, 0.29) is 30.8 Å². The molecule has 12 heteroatoms. The van der Waals surface area contributed by atoms with E-state index in [0.717, 1.165) is 46.1 Å². The predicted octanol–water partition coefficient (Wildman–Crippen LogP) is 5.51. The van der Waals surface area contributed by atoms with Crippen molar-refractivity contribution >= 4 is 34.4 Å². The largest absolute Gasteiger partial charge is 0.471 e. The fourth-order valence-electron chi connectivity index (χ4n) is 7.49. The molecule has 0 aromatic heterocycles. The van der Waals surface area contributed by atoms with Gasteiger partial charge in [-0.2, -0.15) is 13.2 Å². The van der Waals surface area contributed by atoms with Gasteiger partial charge in [-0.15, -0.1) is 0 Å². The zero-order chi connectivity index (χ0) is 35.1. The Morgan fingerprint density at radius 3 is 2.18 bits per heavy atom. The molecule has 49 heavy (non-hydrogen) atoms. The molecule has 1 saturated heterocycles. The van der Waals surface area contributed by atoms with Crippen LogP contribution >= 0.6 is 0 Å². The molecule has 2 aliphatic rings. The van der Waals surface area contributed by atoms with Crippen LogP contribution in [-0.2, 0) is 16.0 Å². The van der Waals surface area contributed by atoms with Gasteiger partial charge in [0.15, 0.2) is 5.96 Å². The Labute approximate surface area is 285 Å². The number of amides is 2. The minimum absolute atomic E-state index is 0.00306. The number of nitrogen functional groups attached to an aromatic ring is 1. The number of hydrogen-bond acceptors (Lipinski definition) is 4. The standard InChI is InChI=1S/C37H46F3N7O2/c38-37(39,40)35(49)47(32(27-8-2-1-3-9-27)34(48)45-22-25-17-19-46(20-18-25)36(43)44)23-29(21-24-13-15-28(16-14-24)33(41)42)31-12-6-10-26-7-4-5-11-30(26)31/h4-7,10-16,25,27,29,32H,1-3,8-9,17-23H2,(H3,41,42)(H3,43,44)(H,45,48). The molecular formula is C37H46F3N7O2. The molecule has 0 radical (unpaired) electrons. The second kappa shape index (κ2) is 15.7. The first-order chi connectivity index (χ1) is 23.4. The molecule has 7 N–H and O–H groups in total. The van der Waals surface area contributed by atoms with Gasteiger partial charge in [0.05, 0.1) is 0 Å². The monoisotopic (exact) mass is 677 g/mol. The molecule has 0 bridgehead atoms. The van der Waals surface area contributed by atoms with Crippen molar-refractivity contribution in [1.29, 1.82) is 10.8 Å². The summed E-state index contributed by atoms with van der Waals surface area (Å²) >= 11 is 0. The minimum Gasteiger partial charge on any atom is -0.384 e. The topological polar surface area (TPSA) is 152 Å². The third kappa shape index (κ3) is 8.90. The Balaban J connectivity index is 1.51. The minimum atomic E-state index is -5.18. The van der Waals surface area contributed by atoms with Crippen LogP contribution in [0.25, 0.3) is 10.8 Å². The maximum Gasteiger partial charge on any atom is 0.471 e. The highest BCUT2D eigenvalue weighted by atomic mass is 19.4. The maximum atomic E-state index is 14.5. The normalized spacial score (nSPS) is 17.3. The van der Waals surface area contributed by atoms with E-state index in [1.807, 2.05) is 42.5 Å². The van der Waals surface area contributed by atoms with Crippen molar-refractivity contribution < 1.29 is 22.8 Å². The first-order valence-corrected chi connectivity index (χ1v) is 17.1. The fourth-order valence-corrected chi connectivity index (χ4v) is 7.49. The van der Waals surface area contributed by atoms with Gasteiger partial charge in [-0.1, -0.05) is 86.0 Å². The highest BCUT2D eigenvalue weighted by Crippen LogP contribution is 2.36. The van der Waals surface area contributed by atoms with E-state index >= 15 is 0 Å². The number of guanidine groups is 1. The van der Waals surface area contributed by atoms with Crippen molar-refractivity contribution in [1.82, 2.24) is 15.1 Å². The first kappa shape index (κ1) is 35.7. The second-order valence-corrected chi connectivity index (χ2v) is 13.4. The number of nitrogens with zero attached hydrogens (tertiary/aromatic N) is 2. The molecule has 262 valence electrons. The number of amidine groups is 1. The molecule has 2 unspecified atom stereocenters. The molecule has 5 rings (SSSR count). The summed E-state index contributed by atoms with van der Waals surface area (Å²) in [6.07, 6.45) is 0.0880. The van der Waals surface area contributed by atoms with Crippen molar-refractivity contribution in [3.8, 4) is 0 Å². The molecule has 1 aliphatic carbocycles. The summed E-state index contributed by atoms with van der Waals surface area (Å²) in [5, 5.41) is 20.2. The van der Waals surface area contributed by atoms with Gasteiger partial charge in [0.1, 0.15) is 11.9 Å². The van der Waals surface area contributed by atoms with Crippen LogP contribution in [0.1, 0.15) is 67.6 Å². The van der Waals surface area contributed by atoms with Gasteiger partial charge in [0, 0.05) is 37.7 Å². The molecule has 3 aromatic rings. The summed E-state index contributed by atoms with van der Waals surface area (Å²) in [7, 11) is 0. The van der Waals surface area contributed by atoms with Crippen molar-refractivity contribution in [2.45, 2.75) is 69.5 Å². The number of halogens is 3. The van der Waals surface area contributed by atoms with Gasteiger partial charge in [0.2, 0.25) is 5.91 Å². The lowest BCUT2D eigenvalue weighted by Gasteiger charge is -2.40. The van der Waals surface area contributed by atoms with E-state index in [0.29, 0.717) is 50.8 Å². The number of alkyl halides is 3. The number of piperidine rings is 1.